The molecule has 0 radical (unpaired) electrons. The quantitative estimate of drug-likeness (QED) is 0.843. The predicted molar refractivity (Wildman–Crippen MR) is 56.8 cm³/mol. The van der Waals surface area contributed by atoms with E-state index < -0.39 is 12.4 Å². The van der Waals surface area contributed by atoms with E-state index in [1.807, 2.05) is 0 Å². The van der Waals surface area contributed by atoms with Crippen LogP contribution in [0, 0.1) is 3.57 Å². The molecule has 0 aromatic carbocycles. The van der Waals surface area contributed by atoms with E-state index in [9.17, 15) is 13.6 Å². The summed E-state index contributed by atoms with van der Waals surface area (Å²) < 4.78 is 26.6. The number of halogens is 3. The second kappa shape index (κ2) is 5.38. The molecule has 1 N–H and O–H groups in total. The number of hydrogen-bond acceptors (Lipinski definition) is 2. The minimum Gasteiger partial charge on any atom is -0.481 e. The van der Waals surface area contributed by atoms with Gasteiger partial charge < -0.3 is 5.11 Å². The Morgan fingerprint density at radius 1 is 1.67 bits per heavy atom. The zero-order valence-corrected chi connectivity index (χ0v) is 9.82. The number of nitrogens with zero attached hydrogens (tertiary/aromatic N) is 2. The number of alkyl halides is 2. The zero-order valence-electron chi connectivity index (χ0n) is 7.66. The molecule has 4 nitrogen and oxygen atoms in total. The average molecular weight is 330 g/mol. The van der Waals surface area contributed by atoms with Gasteiger partial charge in [-0.25, -0.2) is 8.78 Å². The lowest BCUT2D eigenvalue weighted by molar-refractivity contribution is -0.137. The van der Waals surface area contributed by atoms with Crippen molar-refractivity contribution in [3.05, 3.63) is 15.5 Å². The summed E-state index contributed by atoms with van der Waals surface area (Å²) in [4.78, 5) is 10.2. The first-order valence-electron chi connectivity index (χ1n) is 4.23. The molecule has 0 saturated carbocycles. The van der Waals surface area contributed by atoms with Crippen LogP contribution >= 0.6 is 22.6 Å². The van der Waals surface area contributed by atoms with E-state index in [1.54, 1.807) is 22.6 Å². The molecule has 0 unspecified atom stereocenters. The Hall–Kier alpha value is -0.730. The predicted octanol–water partition coefficient (Wildman–Crippen LogP) is 2.29. The Bertz CT molecular complexity index is 354. The Kier molecular flexibility index (Phi) is 4.43. The highest BCUT2D eigenvalue weighted by Gasteiger charge is 2.18. The van der Waals surface area contributed by atoms with Crippen LogP contribution in [0.1, 0.15) is 25.0 Å². The topological polar surface area (TPSA) is 55.1 Å². The average Bonchev–Trinajstić information content (AvgIpc) is 2.46. The third-order valence-electron chi connectivity index (χ3n) is 1.80. The van der Waals surface area contributed by atoms with Gasteiger partial charge in [-0.1, -0.05) is 0 Å². The fourth-order valence-electron chi connectivity index (χ4n) is 1.15. The Morgan fingerprint density at radius 3 is 2.87 bits per heavy atom. The van der Waals surface area contributed by atoms with Gasteiger partial charge in [0, 0.05) is 13.0 Å². The van der Waals surface area contributed by atoms with E-state index in [4.69, 9.17) is 5.11 Å². The highest BCUT2D eigenvalue weighted by molar-refractivity contribution is 14.1. The standard InChI is InChI=1S/C8H9F2IN2O2/c9-8(10)7-5(11)4-12-13(7)3-1-2-6(14)15/h4,8H,1-3H2,(H,14,15). The lowest BCUT2D eigenvalue weighted by atomic mass is 10.3. The van der Waals surface area contributed by atoms with E-state index >= 15 is 0 Å². The molecule has 0 spiro atoms. The Morgan fingerprint density at radius 2 is 2.33 bits per heavy atom. The molecule has 7 heteroatoms. The molecule has 0 aliphatic carbocycles. The van der Waals surface area contributed by atoms with Crippen LogP contribution in [0.5, 0.6) is 0 Å². The summed E-state index contributed by atoms with van der Waals surface area (Å²) >= 11 is 1.78. The highest BCUT2D eigenvalue weighted by Crippen LogP contribution is 2.24. The van der Waals surface area contributed by atoms with Crippen molar-refractivity contribution in [2.45, 2.75) is 25.8 Å². The molecule has 1 heterocycles. The van der Waals surface area contributed by atoms with Crippen molar-refractivity contribution >= 4 is 28.6 Å². The van der Waals surface area contributed by atoms with Crippen LogP contribution in [0.25, 0.3) is 0 Å². The molecule has 0 atom stereocenters. The summed E-state index contributed by atoms with van der Waals surface area (Å²) in [6, 6.07) is 0. The van der Waals surface area contributed by atoms with Gasteiger partial charge in [0.2, 0.25) is 0 Å². The first-order valence-corrected chi connectivity index (χ1v) is 5.31. The van der Waals surface area contributed by atoms with Gasteiger partial charge in [-0.05, 0) is 29.0 Å². The van der Waals surface area contributed by atoms with Gasteiger partial charge in [-0.15, -0.1) is 0 Å². The maximum absolute atomic E-state index is 12.5. The van der Waals surface area contributed by atoms with Crippen molar-refractivity contribution in [1.82, 2.24) is 9.78 Å². The van der Waals surface area contributed by atoms with Crippen molar-refractivity contribution in [3.8, 4) is 0 Å². The van der Waals surface area contributed by atoms with Gasteiger partial charge in [0.15, 0.2) is 0 Å². The monoisotopic (exact) mass is 330 g/mol. The van der Waals surface area contributed by atoms with Crippen molar-refractivity contribution < 1.29 is 18.7 Å². The molecule has 84 valence electrons. The Labute approximate surface area is 98.4 Å². The van der Waals surface area contributed by atoms with Gasteiger partial charge in [-0.3, -0.25) is 9.48 Å². The number of hydrogen-bond donors (Lipinski definition) is 1. The van der Waals surface area contributed by atoms with E-state index in [2.05, 4.69) is 5.10 Å². The molecule has 0 amide bonds. The molecule has 1 rings (SSSR count). The molecule has 1 aromatic heterocycles. The number of aryl methyl sites for hydroxylation is 1. The van der Waals surface area contributed by atoms with Crippen LogP contribution in [0.2, 0.25) is 0 Å². The summed E-state index contributed by atoms with van der Waals surface area (Å²) in [5.74, 6) is -0.935. The molecular formula is C8H9F2IN2O2. The van der Waals surface area contributed by atoms with E-state index in [0.717, 1.165) is 4.68 Å². The molecule has 0 bridgehead atoms. The van der Waals surface area contributed by atoms with E-state index in [0.29, 0.717) is 9.99 Å². The first kappa shape index (κ1) is 12.3. The molecule has 0 aliphatic rings. The largest absolute Gasteiger partial charge is 0.481 e. The number of carboxylic acids is 1. The molecular weight excluding hydrogens is 321 g/mol. The van der Waals surface area contributed by atoms with Gasteiger partial charge in [-0.2, -0.15) is 5.10 Å². The lowest BCUT2D eigenvalue weighted by Gasteiger charge is -2.05. The van der Waals surface area contributed by atoms with Crippen LogP contribution in [0.4, 0.5) is 8.78 Å². The van der Waals surface area contributed by atoms with Crippen LogP contribution in [0.15, 0.2) is 6.20 Å². The van der Waals surface area contributed by atoms with Crippen molar-refractivity contribution in [1.29, 1.82) is 0 Å². The van der Waals surface area contributed by atoms with Crippen LogP contribution < -0.4 is 0 Å². The second-order valence-electron chi connectivity index (χ2n) is 2.90. The van der Waals surface area contributed by atoms with Gasteiger partial charge >= 0.3 is 5.97 Å². The second-order valence-corrected chi connectivity index (χ2v) is 4.06. The highest BCUT2D eigenvalue weighted by atomic mass is 127. The van der Waals surface area contributed by atoms with Gasteiger partial charge in [0.1, 0.15) is 5.69 Å². The van der Waals surface area contributed by atoms with Crippen LogP contribution in [-0.2, 0) is 11.3 Å². The van der Waals surface area contributed by atoms with Crippen LogP contribution in [0.3, 0.4) is 0 Å². The summed E-state index contributed by atoms with van der Waals surface area (Å²) in [7, 11) is 0. The molecule has 1 aromatic rings. The molecule has 15 heavy (non-hydrogen) atoms. The van der Waals surface area contributed by atoms with Crippen molar-refractivity contribution in [2.75, 3.05) is 0 Å². The smallest absolute Gasteiger partial charge is 0.303 e. The zero-order chi connectivity index (χ0) is 11.4. The number of carboxylic acid groups (broad SMARTS) is 1. The Balaban J connectivity index is 2.64. The molecule has 0 fully saturated rings. The summed E-state index contributed by atoms with van der Waals surface area (Å²) in [6.07, 6.45) is -0.974. The third-order valence-corrected chi connectivity index (χ3v) is 2.63. The van der Waals surface area contributed by atoms with Crippen molar-refractivity contribution in [3.63, 3.8) is 0 Å². The van der Waals surface area contributed by atoms with Gasteiger partial charge in [0.05, 0.1) is 9.77 Å². The SMILES string of the molecule is O=C(O)CCCn1ncc(I)c1C(F)F. The number of aliphatic carboxylic acids is 1. The molecule has 0 saturated heterocycles. The number of carbonyl (C=O) groups is 1. The van der Waals surface area contributed by atoms with E-state index in [1.165, 1.54) is 6.20 Å². The third kappa shape index (κ3) is 3.40. The lowest BCUT2D eigenvalue weighted by Crippen LogP contribution is -2.08. The minimum absolute atomic E-state index is 0.0425. The summed E-state index contributed by atoms with van der Waals surface area (Å²) in [5, 5.41) is 12.2. The normalized spacial score (nSPS) is 10.9. The number of aromatic nitrogens is 2. The first-order chi connectivity index (χ1) is 7.02. The number of rotatable bonds is 5. The fraction of sp³-hybridized carbons (Fsp3) is 0.500. The maximum Gasteiger partial charge on any atom is 0.303 e. The molecule has 0 aliphatic heterocycles. The summed E-state index contributed by atoms with van der Waals surface area (Å²) in [5.41, 5.74) is -0.138. The summed E-state index contributed by atoms with van der Waals surface area (Å²) in [6.45, 7) is 0.203. The fourth-order valence-corrected chi connectivity index (χ4v) is 1.79. The maximum atomic E-state index is 12.5. The van der Waals surface area contributed by atoms with E-state index in [-0.39, 0.29) is 18.7 Å². The minimum atomic E-state index is -2.58. The van der Waals surface area contributed by atoms with Crippen molar-refractivity contribution in [2.24, 2.45) is 0 Å². The van der Waals surface area contributed by atoms with Gasteiger partial charge in [0.25, 0.3) is 6.43 Å². The van der Waals surface area contributed by atoms with Crippen LogP contribution in [-0.4, -0.2) is 20.9 Å².